The lowest BCUT2D eigenvalue weighted by Gasteiger charge is -2.36. The molecule has 3 nitrogen and oxygen atoms in total. The summed E-state index contributed by atoms with van der Waals surface area (Å²) in [7, 11) is 1.67. The van der Waals surface area contributed by atoms with Gasteiger partial charge in [0.2, 0.25) is 0 Å². The Morgan fingerprint density at radius 3 is 2.72 bits per heavy atom. The lowest BCUT2D eigenvalue weighted by molar-refractivity contribution is -0.110. The van der Waals surface area contributed by atoms with Crippen LogP contribution in [-0.4, -0.2) is 30.0 Å². The third-order valence-electron chi connectivity index (χ3n) is 4.08. The molecule has 0 aliphatic carbocycles. The first-order valence-corrected chi connectivity index (χ1v) is 6.68. The molecule has 2 saturated heterocycles. The minimum Gasteiger partial charge on any atom is -0.497 e. The second kappa shape index (κ2) is 4.56. The van der Waals surface area contributed by atoms with E-state index in [0.717, 1.165) is 37.0 Å². The Morgan fingerprint density at radius 2 is 2.06 bits per heavy atom. The number of hydrogen-bond donors (Lipinski definition) is 1. The second-order valence-corrected chi connectivity index (χ2v) is 5.62. The first-order chi connectivity index (χ1) is 8.67. The van der Waals surface area contributed by atoms with Gasteiger partial charge in [0.25, 0.3) is 0 Å². The molecule has 1 N–H and O–H groups in total. The van der Waals surface area contributed by atoms with E-state index < -0.39 is 5.60 Å². The number of fused-ring (bicyclic) bond motifs is 2. The topological polar surface area (TPSA) is 38.7 Å². The van der Waals surface area contributed by atoms with Gasteiger partial charge in [0.15, 0.2) is 0 Å². The molecule has 2 heterocycles. The van der Waals surface area contributed by atoms with Crippen LogP contribution in [0.3, 0.4) is 0 Å². The van der Waals surface area contributed by atoms with Gasteiger partial charge in [-0.05, 0) is 30.5 Å². The summed E-state index contributed by atoms with van der Waals surface area (Å²) in [6, 6.07) is 7.97. The molecule has 2 aliphatic rings. The van der Waals surface area contributed by atoms with E-state index in [1.54, 1.807) is 7.11 Å². The largest absolute Gasteiger partial charge is 0.497 e. The Bertz CT molecular complexity index is 418. The zero-order chi connectivity index (χ0) is 12.6. The predicted octanol–water partition coefficient (Wildman–Crippen LogP) is 2.31. The Hall–Kier alpha value is -1.06. The Balaban J connectivity index is 1.74. The Morgan fingerprint density at radius 1 is 1.33 bits per heavy atom. The van der Waals surface area contributed by atoms with Crippen molar-refractivity contribution in [3.8, 4) is 5.75 Å². The standard InChI is InChI=1S/C15H20O3/c1-17-12-4-2-3-11(7-12)8-15(16)9-13-5-6-14(10-15)18-13/h2-4,7,13-14,16H,5-6,8-10H2,1H3. The third-order valence-corrected chi connectivity index (χ3v) is 4.08. The van der Waals surface area contributed by atoms with Crippen molar-refractivity contribution in [1.29, 1.82) is 0 Å². The van der Waals surface area contributed by atoms with Crippen LogP contribution in [0, 0.1) is 0 Å². The minimum atomic E-state index is -0.601. The minimum absolute atomic E-state index is 0.263. The fraction of sp³-hybridized carbons (Fsp3) is 0.600. The van der Waals surface area contributed by atoms with E-state index >= 15 is 0 Å². The molecule has 2 aliphatic heterocycles. The van der Waals surface area contributed by atoms with Crippen LogP contribution in [0.5, 0.6) is 5.75 Å². The van der Waals surface area contributed by atoms with E-state index in [1.807, 2.05) is 18.2 Å². The van der Waals surface area contributed by atoms with Crippen LogP contribution in [0.25, 0.3) is 0 Å². The molecule has 18 heavy (non-hydrogen) atoms. The monoisotopic (exact) mass is 248 g/mol. The van der Waals surface area contributed by atoms with E-state index in [9.17, 15) is 5.11 Å². The summed E-state index contributed by atoms with van der Waals surface area (Å²) in [4.78, 5) is 0. The van der Waals surface area contributed by atoms with Gasteiger partial charge < -0.3 is 14.6 Å². The fourth-order valence-electron chi connectivity index (χ4n) is 3.32. The van der Waals surface area contributed by atoms with Crippen molar-refractivity contribution in [3.05, 3.63) is 29.8 Å². The molecule has 2 unspecified atom stereocenters. The van der Waals surface area contributed by atoms with Gasteiger partial charge in [0.05, 0.1) is 24.9 Å². The number of rotatable bonds is 3. The van der Waals surface area contributed by atoms with Crippen LogP contribution in [0.15, 0.2) is 24.3 Å². The highest BCUT2D eigenvalue weighted by Gasteiger charge is 2.43. The van der Waals surface area contributed by atoms with Crippen LogP contribution in [0.1, 0.15) is 31.2 Å². The Labute approximate surface area is 108 Å². The van der Waals surface area contributed by atoms with Crippen molar-refractivity contribution in [3.63, 3.8) is 0 Å². The number of ether oxygens (including phenoxy) is 2. The van der Waals surface area contributed by atoms with E-state index in [2.05, 4.69) is 6.07 Å². The van der Waals surface area contributed by atoms with E-state index in [1.165, 1.54) is 0 Å². The van der Waals surface area contributed by atoms with Crippen molar-refractivity contribution < 1.29 is 14.6 Å². The van der Waals surface area contributed by atoms with Gasteiger partial charge in [0, 0.05) is 19.3 Å². The molecular formula is C15H20O3. The van der Waals surface area contributed by atoms with Gasteiger partial charge >= 0.3 is 0 Å². The van der Waals surface area contributed by atoms with Gasteiger partial charge in [-0.15, -0.1) is 0 Å². The summed E-state index contributed by atoms with van der Waals surface area (Å²) in [5.41, 5.74) is 0.536. The summed E-state index contributed by atoms with van der Waals surface area (Å²) in [6.07, 6.45) is 4.96. The number of aliphatic hydroxyl groups is 1. The SMILES string of the molecule is COc1cccc(CC2(O)CC3CCC(C2)O3)c1. The molecule has 1 aromatic carbocycles. The van der Waals surface area contributed by atoms with Gasteiger partial charge in [-0.1, -0.05) is 12.1 Å². The average molecular weight is 248 g/mol. The van der Waals surface area contributed by atoms with Gasteiger partial charge in [-0.3, -0.25) is 0 Å². The highest BCUT2D eigenvalue weighted by Crippen LogP contribution is 2.40. The van der Waals surface area contributed by atoms with Crippen molar-refractivity contribution in [1.82, 2.24) is 0 Å². The molecule has 98 valence electrons. The Kier molecular flexibility index (Phi) is 3.04. The molecule has 3 heteroatoms. The fourth-order valence-corrected chi connectivity index (χ4v) is 3.32. The maximum absolute atomic E-state index is 10.7. The van der Waals surface area contributed by atoms with Crippen LogP contribution >= 0.6 is 0 Å². The molecule has 0 aromatic heterocycles. The molecule has 0 amide bonds. The van der Waals surface area contributed by atoms with E-state index in [0.29, 0.717) is 6.42 Å². The molecule has 0 radical (unpaired) electrons. The first kappa shape index (κ1) is 12.0. The quantitative estimate of drug-likeness (QED) is 0.892. The zero-order valence-electron chi connectivity index (χ0n) is 10.8. The molecule has 2 fully saturated rings. The zero-order valence-corrected chi connectivity index (χ0v) is 10.8. The highest BCUT2D eigenvalue weighted by atomic mass is 16.5. The molecule has 0 spiro atoms. The van der Waals surface area contributed by atoms with E-state index in [-0.39, 0.29) is 12.2 Å². The summed E-state index contributed by atoms with van der Waals surface area (Å²) in [5.74, 6) is 0.853. The van der Waals surface area contributed by atoms with Crippen molar-refractivity contribution in [2.24, 2.45) is 0 Å². The molecule has 3 rings (SSSR count). The molecule has 1 aromatic rings. The summed E-state index contributed by atoms with van der Waals surface area (Å²) >= 11 is 0. The summed E-state index contributed by atoms with van der Waals surface area (Å²) < 4.78 is 11.0. The van der Waals surface area contributed by atoms with Gasteiger partial charge in [0.1, 0.15) is 5.75 Å². The van der Waals surface area contributed by atoms with E-state index in [4.69, 9.17) is 9.47 Å². The normalized spacial score (nSPS) is 34.6. The smallest absolute Gasteiger partial charge is 0.119 e. The van der Waals surface area contributed by atoms with Crippen molar-refractivity contribution >= 4 is 0 Å². The lowest BCUT2D eigenvalue weighted by Crippen LogP contribution is -2.42. The number of methoxy groups -OCH3 is 1. The van der Waals surface area contributed by atoms with Gasteiger partial charge in [-0.2, -0.15) is 0 Å². The number of benzene rings is 1. The van der Waals surface area contributed by atoms with Crippen molar-refractivity contribution in [2.75, 3.05) is 7.11 Å². The van der Waals surface area contributed by atoms with Crippen LogP contribution in [0.2, 0.25) is 0 Å². The molecule has 2 atom stereocenters. The predicted molar refractivity (Wildman–Crippen MR) is 68.8 cm³/mol. The van der Waals surface area contributed by atoms with Crippen LogP contribution < -0.4 is 4.74 Å². The summed E-state index contributed by atoms with van der Waals surface area (Å²) in [6.45, 7) is 0. The molecular weight excluding hydrogens is 228 g/mol. The van der Waals surface area contributed by atoms with Crippen LogP contribution in [0.4, 0.5) is 0 Å². The number of hydrogen-bond acceptors (Lipinski definition) is 3. The van der Waals surface area contributed by atoms with Gasteiger partial charge in [-0.25, -0.2) is 0 Å². The maximum Gasteiger partial charge on any atom is 0.119 e. The summed E-state index contributed by atoms with van der Waals surface area (Å²) in [5, 5.41) is 10.7. The third kappa shape index (κ3) is 2.38. The maximum atomic E-state index is 10.7. The second-order valence-electron chi connectivity index (χ2n) is 5.62. The van der Waals surface area contributed by atoms with Crippen LogP contribution in [-0.2, 0) is 11.2 Å². The first-order valence-electron chi connectivity index (χ1n) is 6.68. The lowest BCUT2D eigenvalue weighted by atomic mass is 9.84. The average Bonchev–Trinajstić information content (AvgIpc) is 2.69. The molecule has 2 bridgehead atoms. The van der Waals surface area contributed by atoms with Crippen molar-refractivity contribution in [2.45, 2.75) is 49.9 Å². The molecule has 0 saturated carbocycles. The highest BCUT2D eigenvalue weighted by molar-refractivity contribution is 5.29.